The second-order valence-corrected chi connectivity index (χ2v) is 6.75. The van der Waals surface area contributed by atoms with Crippen LogP contribution in [0.5, 0.6) is 0 Å². The van der Waals surface area contributed by atoms with Gasteiger partial charge in [0.1, 0.15) is 5.54 Å². The number of hydrogen-bond donors (Lipinski definition) is 2. The summed E-state index contributed by atoms with van der Waals surface area (Å²) in [5.41, 5.74) is -0.706. The standard InChI is InChI=1S/C15H29NO2S/c1-3-15(14(17)18,16-4-2)10-7-11-19-12-13-8-5-6-9-13/h13,16H,3-12H2,1-2H3,(H,17,18). The van der Waals surface area contributed by atoms with Crippen LogP contribution in [0.25, 0.3) is 0 Å². The first kappa shape index (κ1) is 16.8. The Bertz CT molecular complexity index is 267. The van der Waals surface area contributed by atoms with Crippen LogP contribution in [-0.2, 0) is 4.79 Å². The first-order valence-electron chi connectivity index (χ1n) is 7.70. The number of likely N-dealkylation sites (N-methyl/N-ethyl adjacent to an activating group) is 1. The van der Waals surface area contributed by atoms with Gasteiger partial charge in [0.15, 0.2) is 0 Å². The summed E-state index contributed by atoms with van der Waals surface area (Å²) < 4.78 is 0. The molecule has 0 amide bonds. The van der Waals surface area contributed by atoms with E-state index in [1.807, 2.05) is 25.6 Å². The van der Waals surface area contributed by atoms with Gasteiger partial charge >= 0.3 is 5.97 Å². The molecule has 0 radical (unpaired) electrons. The van der Waals surface area contributed by atoms with Crippen LogP contribution >= 0.6 is 11.8 Å². The smallest absolute Gasteiger partial charge is 0.323 e. The number of carboxylic acids is 1. The lowest BCUT2D eigenvalue weighted by atomic mass is 9.91. The van der Waals surface area contributed by atoms with Gasteiger partial charge < -0.3 is 10.4 Å². The fourth-order valence-corrected chi connectivity index (χ4v) is 4.15. The molecular weight excluding hydrogens is 258 g/mol. The van der Waals surface area contributed by atoms with Crippen molar-refractivity contribution in [2.24, 2.45) is 5.92 Å². The third kappa shape index (κ3) is 5.35. The van der Waals surface area contributed by atoms with Crippen molar-refractivity contribution in [3.8, 4) is 0 Å². The number of nitrogens with one attached hydrogen (secondary N) is 1. The second kappa shape index (κ2) is 8.85. The molecule has 19 heavy (non-hydrogen) atoms. The maximum Gasteiger partial charge on any atom is 0.323 e. The van der Waals surface area contributed by atoms with E-state index in [0.29, 0.717) is 6.42 Å². The monoisotopic (exact) mass is 287 g/mol. The molecule has 0 spiro atoms. The Kier molecular flexibility index (Phi) is 7.84. The number of rotatable bonds is 10. The van der Waals surface area contributed by atoms with E-state index in [2.05, 4.69) is 5.32 Å². The summed E-state index contributed by atoms with van der Waals surface area (Å²) in [6.07, 6.45) is 8.00. The minimum Gasteiger partial charge on any atom is -0.480 e. The highest BCUT2D eigenvalue weighted by Crippen LogP contribution is 2.28. The van der Waals surface area contributed by atoms with Crippen molar-refractivity contribution < 1.29 is 9.90 Å². The number of aliphatic carboxylic acids is 1. The maximum atomic E-state index is 11.4. The molecule has 0 aromatic rings. The Labute approximate surface area is 121 Å². The van der Waals surface area contributed by atoms with Crippen LogP contribution in [0, 0.1) is 5.92 Å². The summed E-state index contributed by atoms with van der Waals surface area (Å²) in [5.74, 6) is 2.59. The quantitative estimate of drug-likeness (QED) is 0.603. The predicted molar refractivity (Wildman–Crippen MR) is 82.9 cm³/mol. The lowest BCUT2D eigenvalue weighted by Gasteiger charge is -2.29. The molecule has 1 fully saturated rings. The summed E-state index contributed by atoms with van der Waals surface area (Å²) in [6.45, 7) is 4.65. The second-order valence-electron chi connectivity index (χ2n) is 5.60. The highest BCUT2D eigenvalue weighted by molar-refractivity contribution is 7.99. The molecule has 4 heteroatoms. The molecule has 112 valence electrons. The van der Waals surface area contributed by atoms with Gasteiger partial charge in [-0.3, -0.25) is 4.79 Å². The summed E-state index contributed by atoms with van der Waals surface area (Å²) in [6, 6.07) is 0. The number of hydrogen-bond acceptors (Lipinski definition) is 3. The highest BCUT2D eigenvalue weighted by Gasteiger charge is 2.34. The topological polar surface area (TPSA) is 49.3 Å². The van der Waals surface area contributed by atoms with Gasteiger partial charge in [0, 0.05) is 0 Å². The maximum absolute atomic E-state index is 11.4. The van der Waals surface area contributed by atoms with Crippen molar-refractivity contribution in [1.82, 2.24) is 5.32 Å². The first-order valence-corrected chi connectivity index (χ1v) is 8.86. The molecule has 1 saturated carbocycles. The Morgan fingerprint density at radius 1 is 1.37 bits per heavy atom. The van der Waals surface area contributed by atoms with Crippen molar-refractivity contribution in [2.75, 3.05) is 18.1 Å². The molecule has 3 nitrogen and oxygen atoms in total. The van der Waals surface area contributed by atoms with Crippen LogP contribution in [0.15, 0.2) is 0 Å². The highest BCUT2D eigenvalue weighted by atomic mass is 32.2. The van der Waals surface area contributed by atoms with E-state index in [1.165, 1.54) is 31.4 Å². The zero-order valence-electron chi connectivity index (χ0n) is 12.4. The third-order valence-corrected chi connectivity index (χ3v) is 5.53. The normalized spacial score (nSPS) is 19.5. The van der Waals surface area contributed by atoms with Crippen molar-refractivity contribution >= 4 is 17.7 Å². The fourth-order valence-electron chi connectivity index (χ4n) is 2.97. The SMILES string of the molecule is CCNC(CC)(CCCSCC1CCCC1)C(=O)O. The van der Waals surface area contributed by atoms with Crippen molar-refractivity contribution in [2.45, 2.75) is 64.3 Å². The molecule has 0 heterocycles. The number of carboxylic acid groups (broad SMARTS) is 1. The van der Waals surface area contributed by atoms with Gasteiger partial charge in [-0.1, -0.05) is 26.7 Å². The van der Waals surface area contributed by atoms with Crippen molar-refractivity contribution in [3.05, 3.63) is 0 Å². The lowest BCUT2D eigenvalue weighted by molar-refractivity contribution is -0.145. The molecule has 1 rings (SSSR count). The molecule has 2 N–H and O–H groups in total. The Hall–Kier alpha value is -0.220. The van der Waals surface area contributed by atoms with Crippen molar-refractivity contribution in [1.29, 1.82) is 0 Å². The minimum atomic E-state index is -0.706. The van der Waals surface area contributed by atoms with Gasteiger partial charge in [-0.2, -0.15) is 11.8 Å². The zero-order valence-corrected chi connectivity index (χ0v) is 13.2. The molecule has 0 aromatic carbocycles. The fraction of sp³-hybridized carbons (Fsp3) is 0.933. The van der Waals surface area contributed by atoms with Gasteiger partial charge in [-0.25, -0.2) is 0 Å². The molecule has 1 aliphatic rings. The number of thioether (sulfide) groups is 1. The summed E-state index contributed by atoms with van der Waals surface area (Å²) in [4.78, 5) is 11.4. The van der Waals surface area contributed by atoms with Crippen LogP contribution in [-0.4, -0.2) is 34.7 Å². The van der Waals surface area contributed by atoms with Gasteiger partial charge in [0.25, 0.3) is 0 Å². The summed E-state index contributed by atoms with van der Waals surface area (Å²) in [7, 11) is 0. The molecule has 0 bridgehead atoms. The number of carbonyl (C=O) groups is 1. The molecule has 1 atom stereocenters. The van der Waals surface area contributed by atoms with Gasteiger partial charge in [-0.05, 0) is 56.1 Å². The van der Waals surface area contributed by atoms with Crippen molar-refractivity contribution in [3.63, 3.8) is 0 Å². The Balaban J connectivity index is 2.21. The Morgan fingerprint density at radius 3 is 2.58 bits per heavy atom. The molecule has 0 aromatic heterocycles. The van der Waals surface area contributed by atoms with Gasteiger partial charge in [0.05, 0.1) is 0 Å². The molecule has 1 unspecified atom stereocenters. The summed E-state index contributed by atoms with van der Waals surface area (Å²) in [5, 5.41) is 12.6. The minimum absolute atomic E-state index is 0.656. The third-order valence-electron chi connectivity index (χ3n) is 4.25. The van der Waals surface area contributed by atoms with Crippen LogP contribution in [0.1, 0.15) is 58.8 Å². The zero-order chi connectivity index (χ0) is 14.1. The summed E-state index contributed by atoms with van der Waals surface area (Å²) >= 11 is 2.01. The van der Waals surface area contributed by atoms with E-state index in [1.54, 1.807) is 0 Å². The van der Waals surface area contributed by atoms with E-state index < -0.39 is 11.5 Å². The van der Waals surface area contributed by atoms with Crippen LogP contribution in [0.3, 0.4) is 0 Å². The van der Waals surface area contributed by atoms with E-state index in [0.717, 1.165) is 31.1 Å². The molecule has 1 aliphatic carbocycles. The predicted octanol–water partition coefficient (Wildman–Crippen LogP) is 3.53. The average molecular weight is 287 g/mol. The van der Waals surface area contributed by atoms with Gasteiger partial charge in [0.2, 0.25) is 0 Å². The van der Waals surface area contributed by atoms with E-state index in [9.17, 15) is 9.90 Å². The Morgan fingerprint density at radius 2 is 2.05 bits per heavy atom. The van der Waals surface area contributed by atoms with Gasteiger partial charge in [-0.15, -0.1) is 0 Å². The van der Waals surface area contributed by atoms with E-state index in [4.69, 9.17) is 0 Å². The van der Waals surface area contributed by atoms with Crippen LogP contribution in [0.2, 0.25) is 0 Å². The van der Waals surface area contributed by atoms with E-state index in [-0.39, 0.29) is 0 Å². The van der Waals surface area contributed by atoms with E-state index >= 15 is 0 Å². The first-order chi connectivity index (χ1) is 9.14. The lowest BCUT2D eigenvalue weighted by Crippen LogP contribution is -2.51. The molecule has 0 aliphatic heterocycles. The molecule has 0 saturated heterocycles. The van der Waals surface area contributed by atoms with Crippen LogP contribution < -0.4 is 5.32 Å². The van der Waals surface area contributed by atoms with Crippen LogP contribution in [0.4, 0.5) is 0 Å². The average Bonchev–Trinajstić information content (AvgIpc) is 2.90. The largest absolute Gasteiger partial charge is 0.480 e. The molecular formula is C15H29NO2S.